The summed E-state index contributed by atoms with van der Waals surface area (Å²) < 4.78 is 20.3. The Labute approximate surface area is 138 Å². The maximum absolute atomic E-state index is 14.0. The standard InChI is InChI=1S/C18H18BrFO2/c19-15-10-17(22-11-13-5-2-1-3-6-13)14(9-16(15)20)18(12-21)7-4-8-18/h1-3,5-6,9-10,21H,4,7-8,11-12H2. The Kier molecular flexibility index (Phi) is 4.50. The van der Waals surface area contributed by atoms with Crippen LogP contribution >= 0.6 is 15.9 Å². The quantitative estimate of drug-likeness (QED) is 0.841. The summed E-state index contributed by atoms with van der Waals surface area (Å²) in [6.07, 6.45) is 2.79. The van der Waals surface area contributed by atoms with Crippen molar-refractivity contribution in [2.24, 2.45) is 0 Å². The number of halogens is 2. The predicted molar refractivity (Wildman–Crippen MR) is 87.5 cm³/mol. The summed E-state index contributed by atoms with van der Waals surface area (Å²) in [6.45, 7) is 0.448. The van der Waals surface area contributed by atoms with Crippen molar-refractivity contribution >= 4 is 15.9 Å². The average Bonchev–Trinajstić information content (AvgIpc) is 2.49. The van der Waals surface area contributed by atoms with Crippen LogP contribution in [0.25, 0.3) is 0 Å². The van der Waals surface area contributed by atoms with E-state index >= 15 is 0 Å². The molecule has 2 aromatic carbocycles. The molecule has 1 saturated carbocycles. The molecule has 1 aliphatic carbocycles. The summed E-state index contributed by atoms with van der Waals surface area (Å²) in [5.41, 5.74) is 1.48. The number of aliphatic hydroxyl groups is 1. The SMILES string of the molecule is OCC1(c2cc(F)c(Br)cc2OCc2ccccc2)CCC1. The zero-order valence-electron chi connectivity index (χ0n) is 12.2. The molecule has 1 aliphatic rings. The van der Waals surface area contributed by atoms with Crippen LogP contribution in [0.15, 0.2) is 46.9 Å². The smallest absolute Gasteiger partial charge is 0.137 e. The van der Waals surface area contributed by atoms with Crippen LogP contribution in [0.3, 0.4) is 0 Å². The lowest BCUT2D eigenvalue weighted by Crippen LogP contribution is -2.38. The van der Waals surface area contributed by atoms with E-state index in [2.05, 4.69) is 15.9 Å². The van der Waals surface area contributed by atoms with Gasteiger partial charge in [-0.2, -0.15) is 0 Å². The Morgan fingerprint density at radius 2 is 1.91 bits per heavy atom. The van der Waals surface area contributed by atoms with Crippen LogP contribution in [0.1, 0.15) is 30.4 Å². The monoisotopic (exact) mass is 364 g/mol. The van der Waals surface area contributed by atoms with E-state index in [0.717, 1.165) is 30.4 Å². The second-order valence-corrected chi connectivity index (χ2v) is 6.68. The first-order valence-corrected chi connectivity index (χ1v) is 8.21. The second kappa shape index (κ2) is 6.39. The highest BCUT2D eigenvalue weighted by Crippen LogP contribution is 2.48. The van der Waals surface area contributed by atoms with Crippen LogP contribution in [0.4, 0.5) is 4.39 Å². The van der Waals surface area contributed by atoms with Crippen LogP contribution in [-0.2, 0) is 12.0 Å². The Morgan fingerprint density at radius 3 is 2.50 bits per heavy atom. The van der Waals surface area contributed by atoms with E-state index in [0.29, 0.717) is 16.8 Å². The molecule has 0 aliphatic heterocycles. The van der Waals surface area contributed by atoms with Gasteiger partial charge < -0.3 is 9.84 Å². The summed E-state index contributed by atoms with van der Waals surface area (Å²) in [6, 6.07) is 13.0. The number of hydrogen-bond acceptors (Lipinski definition) is 2. The molecule has 0 atom stereocenters. The van der Waals surface area contributed by atoms with Gasteiger partial charge >= 0.3 is 0 Å². The number of rotatable bonds is 5. The van der Waals surface area contributed by atoms with Gasteiger partial charge in [-0.05, 0) is 46.5 Å². The van der Waals surface area contributed by atoms with E-state index in [4.69, 9.17) is 4.74 Å². The van der Waals surface area contributed by atoms with Crippen LogP contribution in [0.2, 0.25) is 0 Å². The molecule has 2 nitrogen and oxygen atoms in total. The van der Waals surface area contributed by atoms with Crippen LogP contribution in [0.5, 0.6) is 5.75 Å². The van der Waals surface area contributed by atoms with Crippen molar-refractivity contribution < 1.29 is 14.2 Å². The molecule has 0 unspecified atom stereocenters. The number of benzene rings is 2. The highest BCUT2D eigenvalue weighted by molar-refractivity contribution is 9.10. The predicted octanol–water partition coefficient (Wildman–Crippen LogP) is 4.58. The van der Waals surface area contributed by atoms with E-state index in [1.807, 2.05) is 30.3 Å². The fraction of sp³-hybridized carbons (Fsp3) is 0.333. The third kappa shape index (κ3) is 2.90. The van der Waals surface area contributed by atoms with Gasteiger partial charge in [-0.3, -0.25) is 0 Å². The normalized spacial score (nSPS) is 16.1. The molecule has 3 rings (SSSR count). The van der Waals surface area contributed by atoms with Gasteiger partial charge in [-0.25, -0.2) is 4.39 Å². The summed E-state index contributed by atoms with van der Waals surface area (Å²) in [5.74, 6) is 0.327. The Hall–Kier alpha value is -1.39. The zero-order valence-corrected chi connectivity index (χ0v) is 13.8. The van der Waals surface area contributed by atoms with Crippen molar-refractivity contribution in [1.29, 1.82) is 0 Å². The second-order valence-electron chi connectivity index (χ2n) is 5.83. The molecule has 22 heavy (non-hydrogen) atoms. The van der Waals surface area contributed by atoms with Gasteiger partial charge in [0.1, 0.15) is 18.2 Å². The van der Waals surface area contributed by atoms with Crippen LogP contribution in [0, 0.1) is 5.82 Å². The van der Waals surface area contributed by atoms with E-state index in [-0.39, 0.29) is 17.8 Å². The maximum Gasteiger partial charge on any atom is 0.137 e. The van der Waals surface area contributed by atoms with Gasteiger partial charge in [0.25, 0.3) is 0 Å². The molecule has 4 heteroatoms. The van der Waals surface area contributed by atoms with Crippen LogP contribution < -0.4 is 4.74 Å². The zero-order chi connectivity index (χ0) is 15.6. The summed E-state index contributed by atoms with van der Waals surface area (Å²) in [7, 11) is 0. The molecule has 0 saturated heterocycles. The van der Waals surface area contributed by atoms with Crippen molar-refractivity contribution in [2.45, 2.75) is 31.3 Å². The highest BCUT2D eigenvalue weighted by Gasteiger charge is 2.40. The first kappa shape index (κ1) is 15.5. The first-order valence-electron chi connectivity index (χ1n) is 7.42. The van der Waals surface area contributed by atoms with Crippen molar-refractivity contribution in [2.75, 3.05) is 6.61 Å². The van der Waals surface area contributed by atoms with Gasteiger partial charge in [-0.1, -0.05) is 36.8 Å². The molecular formula is C18H18BrFO2. The van der Waals surface area contributed by atoms with Gasteiger partial charge in [0.2, 0.25) is 0 Å². The minimum absolute atomic E-state index is 0.0236. The molecule has 116 valence electrons. The van der Waals surface area contributed by atoms with E-state index in [9.17, 15) is 9.50 Å². The molecule has 0 spiro atoms. The summed E-state index contributed by atoms with van der Waals surface area (Å²) >= 11 is 3.22. The minimum Gasteiger partial charge on any atom is -0.489 e. The molecule has 0 amide bonds. The lowest BCUT2D eigenvalue weighted by Gasteiger charge is -2.41. The average molecular weight is 365 g/mol. The topological polar surface area (TPSA) is 29.5 Å². The number of hydrogen-bond donors (Lipinski definition) is 1. The minimum atomic E-state index is -0.354. The largest absolute Gasteiger partial charge is 0.489 e. The Balaban J connectivity index is 1.90. The van der Waals surface area contributed by atoms with Crippen molar-refractivity contribution in [1.82, 2.24) is 0 Å². The van der Waals surface area contributed by atoms with Crippen LogP contribution in [-0.4, -0.2) is 11.7 Å². The van der Waals surface area contributed by atoms with Gasteiger partial charge in [0.15, 0.2) is 0 Å². The summed E-state index contributed by atoms with van der Waals surface area (Å²) in [5, 5.41) is 9.77. The van der Waals surface area contributed by atoms with Gasteiger partial charge in [0, 0.05) is 11.0 Å². The fourth-order valence-electron chi connectivity index (χ4n) is 2.91. The molecule has 0 heterocycles. The number of aliphatic hydroxyl groups excluding tert-OH is 1. The van der Waals surface area contributed by atoms with Crippen molar-refractivity contribution in [3.8, 4) is 5.75 Å². The molecule has 0 aromatic heterocycles. The fourth-order valence-corrected chi connectivity index (χ4v) is 3.24. The van der Waals surface area contributed by atoms with Gasteiger partial charge in [-0.15, -0.1) is 0 Å². The van der Waals surface area contributed by atoms with Crippen molar-refractivity contribution in [3.05, 3.63) is 63.9 Å². The first-order chi connectivity index (χ1) is 10.6. The van der Waals surface area contributed by atoms with Crippen molar-refractivity contribution in [3.63, 3.8) is 0 Å². The van der Waals surface area contributed by atoms with E-state index in [1.54, 1.807) is 6.07 Å². The van der Waals surface area contributed by atoms with Gasteiger partial charge in [0.05, 0.1) is 11.1 Å². The number of ether oxygens (including phenoxy) is 1. The molecule has 1 fully saturated rings. The summed E-state index contributed by atoms with van der Waals surface area (Å²) in [4.78, 5) is 0. The Morgan fingerprint density at radius 1 is 1.18 bits per heavy atom. The molecule has 0 radical (unpaired) electrons. The molecule has 1 N–H and O–H groups in total. The van der Waals surface area contributed by atoms with E-state index < -0.39 is 0 Å². The lowest BCUT2D eigenvalue weighted by molar-refractivity contribution is 0.115. The third-order valence-corrected chi connectivity index (χ3v) is 5.05. The van der Waals surface area contributed by atoms with E-state index in [1.165, 1.54) is 6.07 Å². The Bertz CT molecular complexity index is 648. The molecule has 2 aromatic rings. The molecular weight excluding hydrogens is 347 g/mol. The lowest BCUT2D eigenvalue weighted by atomic mass is 9.65. The highest BCUT2D eigenvalue weighted by atomic mass is 79.9. The third-order valence-electron chi connectivity index (χ3n) is 4.44. The maximum atomic E-state index is 14.0. The molecule has 0 bridgehead atoms.